The molecule has 0 spiro atoms. The Balaban J connectivity index is 0.000000233. The van der Waals surface area contributed by atoms with Gasteiger partial charge in [-0.15, -0.1) is 0 Å². The summed E-state index contributed by atoms with van der Waals surface area (Å²) in [6.45, 7) is 8.23. The van der Waals surface area contributed by atoms with E-state index in [9.17, 15) is 9.59 Å². The van der Waals surface area contributed by atoms with Crippen LogP contribution in [0.5, 0.6) is 0 Å². The van der Waals surface area contributed by atoms with Crippen LogP contribution in [0.25, 0.3) is 10.8 Å². The van der Waals surface area contributed by atoms with Crippen LogP contribution in [0.3, 0.4) is 0 Å². The van der Waals surface area contributed by atoms with Crippen LogP contribution in [-0.4, -0.2) is 31.0 Å². The first-order valence-electron chi connectivity index (χ1n) is 12.9. The Labute approximate surface area is 215 Å². The van der Waals surface area contributed by atoms with Gasteiger partial charge in [-0.25, -0.2) is 9.78 Å². The summed E-state index contributed by atoms with van der Waals surface area (Å²) in [5.41, 5.74) is 3.32. The molecule has 1 aliphatic carbocycles. The second-order valence-corrected chi connectivity index (χ2v) is 11.0. The van der Waals surface area contributed by atoms with Gasteiger partial charge in [-0.2, -0.15) is 0 Å². The molecule has 1 aliphatic rings. The molecule has 0 radical (unpaired) electrons. The molecule has 1 amide bonds. The molecule has 0 atom stereocenters. The first-order valence-corrected chi connectivity index (χ1v) is 12.9. The number of benzene rings is 2. The van der Waals surface area contributed by atoms with Gasteiger partial charge >= 0.3 is 5.97 Å². The number of fused-ring (bicyclic) bond motifs is 1. The minimum atomic E-state index is -0.387. The van der Waals surface area contributed by atoms with Gasteiger partial charge in [0.05, 0.1) is 12.7 Å². The highest BCUT2D eigenvalue weighted by molar-refractivity contribution is 6.04. The number of nitrogens with zero attached hydrogens (tertiary/aromatic N) is 2. The molecule has 0 aliphatic heterocycles. The maximum atomic E-state index is 12.4. The number of carbonyl (C=O) groups excluding carboxylic acids is 2. The number of aryl methyl sites for hydroxylation is 1. The van der Waals surface area contributed by atoms with Crippen LogP contribution in [0, 0.1) is 12.3 Å². The lowest BCUT2D eigenvalue weighted by Gasteiger charge is -2.23. The summed E-state index contributed by atoms with van der Waals surface area (Å²) in [5, 5.41) is 1.67. The van der Waals surface area contributed by atoms with Crippen molar-refractivity contribution in [3.05, 3.63) is 71.4 Å². The number of aromatic nitrogens is 1. The first kappa shape index (κ1) is 27.4. The number of ether oxygens (including phenoxy) is 1. The summed E-state index contributed by atoms with van der Waals surface area (Å²) < 4.78 is 4.74. The van der Waals surface area contributed by atoms with Crippen molar-refractivity contribution in [3.8, 4) is 0 Å². The minimum Gasteiger partial charge on any atom is -0.465 e. The fourth-order valence-electron chi connectivity index (χ4n) is 4.64. The minimum absolute atomic E-state index is 0.00884. The lowest BCUT2D eigenvalue weighted by molar-refractivity contribution is -0.120. The molecule has 0 N–H and O–H groups in total. The second-order valence-electron chi connectivity index (χ2n) is 11.0. The molecule has 192 valence electrons. The summed E-state index contributed by atoms with van der Waals surface area (Å²) >= 11 is 0. The Morgan fingerprint density at radius 2 is 1.67 bits per heavy atom. The van der Waals surface area contributed by atoms with Crippen molar-refractivity contribution in [2.75, 3.05) is 19.1 Å². The average molecular weight is 489 g/mol. The quantitative estimate of drug-likeness (QED) is 0.358. The number of hydrogen-bond donors (Lipinski definition) is 0. The zero-order valence-electron chi connectivity index (χ0n) is 22.6. The lowest BCUT2D eigenvalue weighted by Crippen LogP contribution is -2.30. The van der Waals surface area contributed by atoms with Crippen molar-refractivity contribution in [3.63, 3.8) is 0 Å². The Morgan fingerprint density at radius 1 is 1.00 bits per heavy atom. The van der Waals surface area contributed by atoms with Crippen molar-refractivity contribution in [2.45, 2.75) is 72.1 Å². The van der Waals surface area contributed by atoms with E-state index in [1.54, 1.807) is 41.9 Å². The van der Waals surface area contributed by atoms with E-state index in [1.165, 1.54) is 44.8 Å². The van der Waals surface area contributed by atoms with E-state index >= 15 is 0 Å². The molecule has 4 rings (SSSR count). The molecule has 2 aromatic carbocycles. The van der Waals surface area contributed by atoms with Crippen LogP contribution >= 0.6 is 0 Å². The van der Waals surface area contributed by atoms with Crippen molar-refractivity contribution in [1.29, 1.82) is 0 Å². The van der Waals surface area contributed by atoms with Gasteiger partial charge < -0.3 is 4.74 Å². The molecule has 0 saturated heterocycles. The maximum Gasteiger partial charge on any atom is 0.337 e. The Bertz CT molecular complexity index is 1170. The van der Waals surface area contributed by atoms with Crippen molar-refractivity contribution in [1.82, 2.24) is 4.98 Å². The third kappa shape index (κ3) is 7.39. The van der Waals surface area contributed by atoms with E-state index < -0.39 is 0 Å². The van der Waals surface area contributed by atoms with Crippen molar-refractivity contribution in [2.24, 2.45) is 5.41 Å². The van der Waals surface area contributed by atoms with Crippen LogP contribution in [0.15, 0.2) is 54.7 Å². The lowest BCUT2D eigenvalue weighted by atomic mass is 9.84. The third-order valence-electron chi connectivity index (χ3n) is 6.69. The number of carbonyl (C=O) groups is 2. The van der Waals surface area contributed by atoms with Gasteiger partial charge in [0.2, 0.25) is 5.91 Å². The van der Waals surface area contributed by atoms with Crippen LogP contribution in [0.2, 0.25) is 0 Å². The standard InChI is InChI=1S/C18H22N2O3.C13H18/c1-18(2,3)11-15(21)20(4)16-14-7-6-13(17(22)23-5)10-12(14)8-9-19-16;1-11-7-9-13(10-8-11)12-5-3-2-4-6-12/h6-10H,11H2,1-5H3;7-10,12H,2-6H2,1H3. The van der Waals surface area contributed by atoms with E-state index in [-0.39, 0.29) is 17.3 Å². The number of esters is 1. The number of anilines is 1. The summed E-state index contributed by atoms with van der Waals surface area (Å²) in [4.78, 5) is 30.0. The van der Waals surface area contributed by atoms with E-state index in [4.69, 9.17) is 4.74 Å². The molecule has 0 unspecified atom stereocenters. The molecule has 1 fully saturated rings. The predicted octanol–water partition coefficient (Wildman–Crippen LogP) is 7.46. The van der Waals surface area contributed by atoms with Crippen LogP contribution in [0.4, 0.5) is 5.82 Å². The van der Waals surface area contributed by atoms with Crippen LogP contribution in [-0.2, 0) is 9.53 Å². The van der Waals surface area contributed by atoms with Gasteiger partial charge in [-0.05, 0) is 66.3 Å². The second kappa shape index (κ2) is 12.2. The fourth-order valence-corrected chi connectivity index (χ4v) is 4.64. The number of methoxy groups -OCH3 is 1. The van der Waals surface area contributed by atoms with E-state index in [0.29, 0.717) is 17.8 Å². The summed E-state index contributed by atoms with van der Waals surface area (Å²) in [7, 11) is 3.08. The highest BCUT2D eigenvalue weighted by Crippen LogP contribution is 2.32. The number of rotatable bonds is 4. The summed E-state index contributed by atoms with van der Waals surface area (Å²) in [6.07, 6.45) is 9.19. The van der Waals surface area contributed by atoms with Gasteiger partial charge in [0, 0.05) is 25.1 Å². The SMILES string of the molecule is COC(=O)c1ccc2c(N(C)C(=O)CC(C)(C)C)nccc2c1.Cc1ccc(C2CCCCC2)cc1. The topological polar surface area (TPSA) is 59.5 Å². The third-order valence-corrected chi connectivity index (χ3v) is 6.69. The Morgan fingerprint density at radius 3 is 2.28 bits per heavy atom. The predicted molar refractivity (Wildman–Crippen MR) is 148 cm³/mol. The molecule has 3 aromatic rings. The zero-order chi connectivity index (χ0) is 26.3. The molecule has 36 heavy (non-hydrogen) atoms. The number of pyridine rings is 1. The fraction of sp³-hybridized carbons (Fsp3) is 0.452. The van der Waals surface area contributed by atoms with E-state index in [1.807, 2.05) is 26.8 Å². The molecule has 5 nitrogen and oxygen atoms in total. The van der Waals surface area contributed by atoms with Gasteiger partial charge in [0.25, 0.3) is 0 Å². The zero-order valence-corrected chi connectivity index (χ0v) is 22.6. The average Bonchev–Trinajstić information content (AvgIpc) is 2.87. The normalized spacial score (nSPS) is 14.1. The van der Waals surface area contributed by atoms with Gasteiger partial charge in [-0.3, -0.25) is 9.69 Å². The molecular formula is C31H40N2O3. The van der Waals surface area contributed by atoms with Crippen LogP contribution in [0.1, 0.15) is 86.7 Å². The van der Waals surface area contributed by atoms with E-state index in [0.717, 1.165) is 16.7 Å². The summed E-state index contributed by atoms with van der Waals surface area (Å²) in [5.74, 6) is 1.07. The Hall–Kier alpha value is -3.21. The Kier molecular flexibility index (Phi) is 9.25. The first-order chi connectivity index (χ1) is 17.1. The number of amides is 1. The van der Waals surface area contributed by atoms with Gasteiger partial charge in [0.1, 0.15) is 5.82 Å². The monoisotopic (exact) mass is 488 g/mol. The van der Waals surface area contributed by atoms with E-state index in [2.05, 4.69) is 36.2 Å². The molecule has 5 heteroatoms. The van der Waals surface area contributed by atoms with Gasteiger partial charge in [-0.1, -0.05) is 69.9 Å². The molecule has 1 heterocycles. The smallest absolute Gasteiger partial charge is 0.337 e. The van der Waals surface area contributed by atoms with Gasteiger partial charge in [0.15, 0.2) is 0 Å². The molecule has 0 bridgehead atoms. The maximum absolute atomic E-state index is 12.4. The van der Waals surface area contributed by atoms with Crippen LogP contribution < -0.4 is 4.90 Å². The number of hydrogen-bond acceptors (Lipinski definition) is 4. The summed E-state index contributed by atoms with van der Waals surface area (Å²) in [6, 6.07) is 16.1. The highest BCUT2D eigenvalue weighted by atomic mass is 16.5. The molecular weight excluding hydrogens is 448 g/mol. The molecule has 1 saturated carbocycles. The largest absolute Gasteiger partial charge is 0.465 e. The molecule has 1 aromatic heterocycles. The van der Waals surface area contributed by atoms with Crippen molar-refractivity contribution < 1.29 is 14.3 Å². The van der Waals surface area contributed by atoms with Crippen molar-refractivity contribution >= 4 is 28.5 Å². The highest BCUT2D eigenvalue weighted by Gasteiger charge is 2.22.